The van der Waals surface area contributed by atoms with Crippen molar-refractivity contribution in [2.45, 2.75) is 24.9 Å². The lowest BCUT2D eigenvalue weighted by molar-refractivity contribution is -0.343. The molecule has 2 amide bonds. The summed E-state index contributed by atoms with van der Waals surface area (Å²) in [6.45, 7) is 1.40. The fraction of sp³-hybridized carbons (Fsp3) is 0.200. The molecule has 0 aliphatic heterocycles. The highest BCUT2D eigenvalue weighted by molar-refractivity contribution is 6.08. The standard InChI is InChI=1S/C30H23F7N4O4/c1-16(17-7-6-8-19(13-17)38-27(43)28(31,32)29(33,34)30(35,36)37)40-41-26(42)21-15-23(39-22-10-5-4-9-20(21)22)18-11-12-24(44-2)25(14-18)45-3/h4-15H,1-3H3,(H,38,43)(H,41,42). The molecule has 15 heteroatoms. The normalized spacial score (nSPS) is 12.5. The van der Waals surface area contributed by atoms with Gasteiger partial charge in [0.25, 0.3) is 5.91 Å². The number of nitrogens with zero attached hydrogens (tertiary/aromatic N) is 2. The van der Waals surface area contributed by atoms with Crippen molar-refractivity contribution >= 4 is 34.1 Å². The molecule has 45 heavy (non-hydrogen) atoms. The quantitative estimate of drug-likeness (QED) is 0.119. The maximum absolute atomic E-state index is 13.8. The molecule has 0 saturated carbocycles. The molecule has 0 atom stereocenters. The van der Waals surface area contributed by atoms with Crippen LogP contribution in [0.25, 0.3) is 22.2 Å². The zero-order valence-corrected chi connectivity index (χ0v) is 23.6. The summed E-state index contributed by atoms with van der Waals surface area (Å²) in [5.74, 6) is -15.3. The van der Waals surface area contributed by atoms with E-state index in [0.29, 0.717) is 33.7 Å². The lowest BCUT2D eigenvalue weighted by Gasteiger charge is -2.27. The Balaban J connectivity index is 1.59. The Labute approximate surface area is 250 Å². The molecule has 4 rings (SSSR count). The van der Waals surface area contributed by atoms with Crippen LogP contribution in [0.5, 0.6) is 11.5 Å². The molecule has 236 valence electrons. The molecule has 0 bridgehead atoms. The molecule has 0 aliphatic carbocycles. The van der Waals surface area contributed by atoms with Gasteiger partial charge in [0.2, 0.25) is 0 Å². The fourth-order valence-electron chi connectivity index (χ4n) is 4.12. The van der Waals surface area contributed by atoms with Crippen LogP contribution in [0.2, 0.25) is 0 Å². The molecular formula is C30H23F7N4O4. The van der Waals surface area contributed by atoms with Gasteiger partial charge in [0.1, 0.15) is 0 Å². The van der Waals surface area contributed by atoms with E-state index in [2.05, 4.69) is 15.5 Å². The van der Waals surface area contributed by atoms with E-state index in [4.69, 9.17) is 9.47 Å². The van der Waals surface area contributed by atoms with Gasteiger partial charge in [-0.2, -0.15) is 35.8 Å². The predicted octanol–water partition coefficient (Wildman–Crippen LogP) is 6.84. The number of anilines is 1. The molecule has 0 aliphatic rings. The first-order chi connectivity index (χ1) is 21.1. The van der Waals surface area contributed by atoms with Crippen LogP contribution in [0.15, 0.2) is 77.9 Å². The minimum Gasteiger partial charge on any atom is -0.493 e. The number of benzene rings is 3. The van der Waals surface area contributed by atoms with Crippen LogP contribution < -0.4 is 20.2 Å². The number of nitrogens with one attached hydrogen (secondary N) is 2. The van der Waals surface area contributed by atoms with E-state index < -0.39 is 35.5 Å². The van der Waals surface area contributed by atoms with E-state index in [1.54, 1.807) is 42.5 Å². The van der Waals surface area contributed by atoms with Gasteiger partial charge in [-0.25, -0.2) is 10.4 Å². The SMILES string of the molecule is COc1ccc(-c2cc(C(=O)NN=C(C)c3cccc(NC(=O)C(F)(F)C(F)(F)C(F)(F)F)c3)c3ccccc3n2)cc1OC. The molecular weight excluding hydrogens is 613 g/mol. The van der Waals surface area contributed by atoms with Gasteiger partial charge in [0.05, 0.1) is 36.7 Å². The lowest BCUT2D eigenvalue weighted by atomic mass is 10.0. The van der Waals surface area contributed by atoms with Crippen molar-refractivity contribution in [3.63, 3.8) is 0 Å². The number of methoxy groups -OCH3 is 2. The summed E-state index contributed by atoms with van der Waals surface area (Å²) >= 11 is 0. The number of rotatable bonds is 9. The first-order valence-corrected chi connectivity index (χ1v) is 12.8. The smallest absolute Gasteiger partial charge is 0.460 e. The Morgan fingerprint density at radius 1 is 0.822 bits per heavy atom. The largest absolute Gasteiger partial charge is 0.493 e. The molecule has 0 spiro atoms. The van der Waals surface area contributed by atoms with E-state index in [1.165, 1.54) is 44.7 Å². The Hall–Kier alpha value is -5.21. The first kappa shape index (κ1) is 32.7. The van der Waals surface area contributed by atoms with Crippen molar-refractivity contribution in [1.29, 1.82) is 0 Å². The molecule has 8 nitrogen and oxygen atoms in total. The average molecular weight is 637 g/mol. The second-order valence-corrected chi connectivity index (χ2v) is 9.46. The number of halogens is 7. The van der Waals surface area contributed by atoms with Crippen LogP contribution in [0, 0.1) is 0 Å². The summed E-state index contributed by atoms with van der Waals surface area (Å²) in [5.41, 5.74) is 3.77. The van der Waals surface area contributed by atoms with E-state index >= 15 is 0 Å². The predicted molar refractivity (Wildman–Crippen MR) is 151 cm³/mol. The number of carbonyl (C=O) groups excluding carboxylic acids is 2. The lowest BCUT2D eigenvalue weighted by Crippen LogP contribution is -2.57. The summed E-state index contributed by atoms with van der Waals surface area (Å²) in [5, 5.41) is 5.86. The van der Waals surface area contributed by atoms with Crippen molar-refractivity contribution in [2.75, 3.05) is 19.5 Å². The number of amides is 2. The monoisotopic (exact) mass is 636 g/mol. The maximum atomic E-state index is 13.8. The third kappa shape index (κ3) is 6.51. The molecule has 3 aromatic carbocycles. The third-order valence-corrected chi connectivity index (χ3v) is 6.54. The van der Waals surface area contributed by atoms with Gasteiger partial charge >= 0.3 is 23.9 Å². The molecule has 0 radical (unpaired) electrons. The van der Waals surface area contributed by atoms with Crippen LogP contribution in [0.1, 0.15) is 22.8 Å². The summed E-state index contributed by atoms with van der Waals surface area (Å²) < 4.78 is 102. The Bertz CT molecular complexity index is 1790. The van der Waals surface area contributed by atoms with E-state index in [0.717, 1.165) is 12.1 Å². The number of ether oxygens (including phenoxy) is 2. The zero-order chi connectivity index (χ0) is 33.2. The van der Waals surface area contributed by atoms with Gasteiger partial charge in [-0.15, -0.1) is 0 Å². The second-order valence-electron chi connectivity index (χ2n) is 9.46. The van der Waals surface area contributed by atoms with Crippen LogP contribution in [0.4, 0.5) is 36.4 Å². The first-order valence-electron chi connectivity index (χ1n) is 12.8. The number of alkyl halides is 7. The highest BCUT2D eigenvalue weighted by atomic mass is 19.4. The molecule has 0 unspecified atom stereocenters. The minimum atomic E-state index is -6.67. The summed E-state index contributed by atoms with van der Waals surface area (Å²) in [4.78, 5) is 29.7. The van der Waals surface area contributed by atoms with E-state index in [9.17, 15) is 40.3 Å². The van der Waals surface area contributed by atoms with Crippen molar-refractivity contribution < 1.29 is 49.8 Å². The number of hydrogen-bond donors (Lipinski definition) is 2. The highest BCUT2D eigenvalue weighted by Gasteiger charge is 2.76. The number of fused-ring (bicyclic) bond motifs is 1. The van der Waals surface area contributed by atoms with Crippen molar-refractivity contribution in [3.05, 3.63) is 83.9 Å². The molecule has 1 heterocycles. The van der Waals surface area contributed by atoms with Crippen LogP contribution in [0.3, 0.4) is 0 Å². The molecule has 1 aromatic heterocycles. The summed E-state index contributed by atoms with van der Waals surface area (Å²) in [7, 11) is 2.96. The van der Waals surface area contributed by atoms with E-state index in [1.807, 2.05) is 0 Å². The molecule has 0 saturated heterocycles. The molecule has 0 fully saturated rings. The third-order valence-electron chi connectivity index (χ3n) is 6.54. The van der Waals surface area contributed by atoms with Crippen molar-refractivity contribution in [1.82, 2.24) is 10.4 Å². The van der Waals surface area contributed by atoms with Crippen molar-refractivity contribution in [3.8, 4) is 22.8 Å². The van der Waals surface area contributed by atoms with Gasteiger partial charge in [-0.05, 0) is 55.0 Å². The average Bonchev–Trinajstić information content (AvgIpc) is 3.01. The molecule has 2 N–H and O–H groups in total. The van der Waals surface area contributed by atoms with Gasteiger partial charge < -0.3 is 14.8 Å². The number of hydrogen-bond acceptors (Lipinski definition) is 6. The van der Waals surface area contributed by atoms with Crippen LogP contribution in [-0.4, -0.2) is 54.8 Å². The van der Waals surface area contributed by atoms with E-state index in [-0.39, 0.29) is 16.8 Å². The number of pyridine rings is 1. The summed E-state index contributed by atoms with van der Waals surface area (Å²) in [6.07, 6.45) is -6.67. The number of hydrazone groups is 1. The van der Waals surface area contributed by atoms with Gasteiger partial charge in [-0.3, -0.25) is 9.59 Å². The Morgan fingerprint density at radius 3 is 2.18 bits per heavy atom. The summed E-state index contributed by atoms with van der Waals surface area (Å²) in [6, 6.07) is 18.0. The van der Waals surface area contributed by atoms with Gasteiger partial charge in [-0.1, -0.05) is 30.3 Å². The Kier molecular flexibility index (Phi) is 9.02. The zero-order valence-electron chi connectivity index (χ0n) is 23.6. The molecule has 4 aromatic rings. The number of carbonyl (C=O) groups is 2. The van der Waals surface area contributed by atoms with Crippen LogP contribution >= 0.6 is 0 Å². The van der Waals surface area contributed by atoms with Gasteiger partial charge in [0, 0.05) is 16.6 Å². The fourth-order valence-corrected chi connectivity index (χ4v) is 4.12. The number of para-hydroxylation sites is 1. The minimum absolute atomic E-state index is 0.0744. The van der Waals surface area contributed by atoms with Crippen LogP contribution in [-0.2, 0) is 4.79 Å². The highest BCUT2D eigenvalue weighted by Crippen LogP contribution is 2.47. The topological polar surface area (TPSA) is 102 Å². The maximum Gasteiger partial charge on any atom is 0.460 e. The van der Waals surface area contributed by atoms with Crippen molar-refractivity contribution in [2.24, 2.45) is 5.10 Å². The Morgan fingerprint density at radius 2 is 1.51 bits per heavy atom. The van der Waals surface area contributed by atoms with Gasteiger partial charge in [0.15, 0.2) is 11.5 Å². The number of aromatic nitrogens is 1. The second kappa shape index (κ2) is 12.4.